The first-order valence-corrected chi connectivity index (χ1v) is 9.27. The van der Waals surface area contributed by atoms with Gasteiger partial charge < -0.3 is 10.1 Å². The summed E-state index contributed by atoms with van der Waals surface area (Å²) >= 11 is 0. The first-order chi connectivity index (χ1) is 12.0. The SMILES string of the molecule is CC(C)OCCCNC(=O)c1c2c(nc3c1cnn3C(C)C)CCC2. The number of carbonyl (C=O) groups is 1. The third-order valence-electron chi connectivity index (χ3n) is 4.54. The number of nitrogens with one attached hydrogen (secondary N) is 1. The van der Waals surface area contributed by atoms with E-state index in [2.05, 4.69) is 24.3 Å². The van der Waals surface area contributed by atoms with Gasteiger partial charge in [0.2, 0.25) is 0 Å². The van der Waals surface area contributed by atoms with Crippen molar-refractivity contribution < 1.29 is 9.53 Å². The summed E-state index contributed by atoms with van der Waals surface area (Å²) in [5, 5.41) is 8.38. The zero-order valence-corrected chi connectivity index (χ0v) is 15.6. The molecule has 0 aliphatic heterocycles. The van der Waals surface area contributed by atoms with Gasteiger partial charge in [-0.15, -0.1) is 0 Å². The molecule has 1 amide bonds. The topological polar surface area (TPSA) is 69.0 Å². The molecule has 0 saturated carbocycles. The fraction of sp³-hybridized carbons (Fsp3) is 0.632. The van der Waals surface area contributed by atoms with Crippen LogP contribution in [0.2, 0.25) is 0 Å². The maximum absolute atomic E-state index is 12.9. The first-order valence-electron chi connectivity index (χ1n) is 9.27. The molecule has 0 saturated heterocycles. The van der Waals surface area contributed by atoms with Gasteiger partial charge in [-0.1, -0.05) is 0 Å². The molecule has 0 aromatic carbocycles. The van der Waals surface area contributed by atoms with Gasteiger partial charge in [-0.2, -0.15) is 5.10 Å². The molecular weight excluding hydrogens is 316 g/mol. The van der Waals surface area contributed by atoms with E-state index in [1.165, 1.54) is 0 Å². The Bertz CT molecular complexity index is 764. The minimum atomic E-state index is -0.0154. The summed E-state index contributed by atoms with van der Waals surface area (Å²) in [4.78, 5) is 17.7. The number of carbonyl (C=O) groups excluding carboxylic acids is 1. The molecule has 1 aliphatic rings. The lowest BCUT2D eigenvalue weighted by Gasteiger charge is -2.13. The highest BCUT2D eigenvalue weighted by atomic mass is 16.5. The Kier molecular flexibility index (Phi) is 5.37. The van der Waals surface area contributed by atoms with Gasteiger partial charge in [0.05, 0.1) is 23.3 Å². The van der Waals surface area contributed by atoms with Crippen molar-refractivity contribution >= 4 is 16.9 Å². The maximum Gasteiger partial charge on any atom is 0.252 e. The van der Waals surface area contributed by atoms with Crippen molar-refractivity contribution in [2.45, 2.75) is 65.5 Å². The van der Waals surface area contributed by atoms with Crippen molar-refractivity contribution in [3.8, 4) is 0 Å². The maximum atomic E-state index is 12.9. The highest BCUT2D eigenvalue weighted by Gasteiger charge is 2.26. The summed E-state index contributed by atoms with van der Waals surface area (Å²) in [6, 6.07) is 0.216. The van der Waals surface area contributed by atoms with Gasteiger partial charge in [-0.25, -0.2) is 9.67 Å². The highest BCUT2D eigenvalue weighted by Crippen LogP contribution is 2.30. The predicted molar refractivity (Wildman–Crippen MR) is 98.0 cm³/mol. The van der Waals surface area contributed by atoms with Crippen LogP contribution in [-0.2, 0) is 17.6 Å². The Balaban J connectivity index is 1.83. The molecule has 136 valence electrons. The molecule has 6 heteroatoms. The van der Waals surface area contributed by atoms with Crippen LogP contribution in [0.5, 0.6) is 0 Å². The van der Waals surface area contributed by atoms with E-state index in [4.69, 9.17) is 9.72 Å². The van der Waals surface area contributed by atoms with E-state index in [1.54, 1.807) is 6.20 Å². The number of aromatic nitrogens is 3. The number of rotatable bonds is 7. The number of pyridine rings is 1. The molecule has 0 unspecified atom stereocenters. The Morgan fingerprint density at radius 1 is 1.32 bits per heavy atom. The summed E-state index contributed by atoms with van der Waals surface area (Å²) in [6.45, 7) is 9.46. The quantitative estimate of drug-likeness (QED) is 0.784. The van der Waals surface area contributed by atoms with Crippen LogP contribution < -0.4 is 5.32 Å². The lowest BCUT2D eigenvalue weighted by atomic mass is 10.0. The molecule has 0 fully saturated rings. The molecule has 0 bridgehead atoms. The smallest absolute Gasteiger partial charge is 0.252 e. The second-order valence-electron chi connectivity index (χ2n) is 7.21. The zero-order chi connectivity index (χ0) is 18.0. The van der Waals surface area contributed by atoms with Crippen LogP contribution in [0.4, 0.5) is 0 Å². The standard InChI is InChI=1S/C19H28N4O2/c1-12(2)23-18-15(11-21-23)17(14-7-5-8-16(14)22-18)19(24)20-9-6-10-25-13(3)4/h11-13H,5-10H2,1-4H3,(H,20,24). The molecule has 2 aromatic heterocycles. The number of ether oxygens (including phenoxy) is 1. The van der Waals surface area contributed by atoms with Crippen molar-refractivity contribution in [1.82, 2.24) is 20.1 Å². The van der Waals surface area contributed by atoms with Gasteiger partial charge in [-0.3, -0.25) is 4.79 Å². The predicted octanol–water partition coefficient (Wildman–Crippen LogP) is 3.05. The van der Waals surface area contributed by atoms with Crippen LogP contribution in [0.25, 0.3) is 11.0 Å². The van der Waals surface area contributed by atoms with E-state index >= 15 is 0 Å². The number of nitrogens with zero attached hydrogens (tertiary/aromatic N) is 3. The van der Waals surface area contributed by atoms with Crippen molar-refractivity contribution in [1.29, 1.82) is 0 Å². The van der Waals surface area contributed by atoms with Crippen molar-refractivity contribution in [2.75, 3.05) is 13.2 Å². The Morgan fingerprint density at radius 3 is 2.84 bits per heavy atom. The van der Waals surface area contributed by atoms with Crippen molar-refractivity contribution in [2.24, 2.45) is 0 Å². The van der Waals surface area contributed by atoms with Gasteiger partial charge in [0.25, 0.3) is 5.91 Å². The van der Waals surface area contributed by atoms with Crippen LogP contribution in [0.1, 0.15) is 68.2 Å². The Labute approximate surface area is 149 Å². The molecule has 2 aromatic rings. The number of hydrogen-bond acceptors (Lipinski definition) is 4. The van der Waals surface area contributed by atoms with Gasteiger partial charge in [-0.05, 0) is 58.9 Å². The molecule has 25 heavy (non-hydrogen) atoms. The Morgan fingerprint density at radius 2 is 2.12 bits per heavy atom. The minimum Gasteiger partial charge on any atom is -0.379 e. The van der Waals surface area contributed by atoms with Gasteiger partial charge in [0.15, 0.2) is 5.65 Å². The summed E-state index contributed by atoms with van der Waals surface area (Å²) in [5.74, 6) is -0.0154. The molecule has 0 atom stereocenters. The average Bonchev–Trinajstić information content (AvgIpc) is 3.17. The molecule has 0 spiro atoms. The molecular formula is C19H28N4O2. The lowest BCUT2D eigenvalue weighted by molar-refractivity contribution is 0.0757. The third-order valence-corrected chi connectivity index (χ3v) is 4.54. The largest absolute Gasteiger partial charge is 0.379 e. The average molecular weight is 344 g/mol. The fourth-order valence-electron chi connectivity index (χ4n) is 3.37. The normalized spacial score (nSPS) is 13.8. The van der Waals surface area contributed by atoms with E-state index in [-0.39, 0.29) is 18.1 Å². The zero-order valence-electron chi connectivity index (χ0n) is 15.6. The van der Waals surface area contributed by atoms with Crippen LogP contribution >= 0.6 is 0 Å². The van der Waals surface area contributed by atoms with E-state index in [0.717, 1.165) is 53.5 Å². The third kappa shape index (κ3) is 3.68. The van der Waals surface area contributed by atoms with Gasteiger partial charge in [0, 0.05) is 24.9 Å². The van der Waals surface area contributed by atoms with Gasteiger partial charge >= 0.3 is 0 Å². The molecule has 3 rings (SSSR count). The number of hydrogen-bond donors (Lipinski definition) is 1. The van der Waals surface area contributed by atoms with Crippen LogP contribution in [-0.4, -0.2) is 39.9 Å². The highest BCUT2D eigenvalue weighted by molar-refractivity contribution is 6.07. The van der Waals surface area contributed by atoms with Crippen LogP contribution in [0, 0.1) is 0 Å². The van der Waals surface area contributed by atoms with E-state index in [9.17, 15) is 4.79 Å². The molecule has 1 N–H and O–H groups in total. The number of fused-ring (bicyclic) bond motifs is 2. The van der Waals surface area contributed by atoms with E-state index in [1.807, 2.05) is 18.5 Å². The van der Waals surface area contributed by atoms with Crippen molar-refractivity contribution in [3.63, 3.8) is 0 Å². The number of amides is 1. The second-order valence-corrected chi connectivity index (χ2v) is 7.21. The Hall–Kier alpha value is -1.95. The van der Waals surface area contributed by atoms with Crippen LogP contribution in [0.15, 0.2) is 6.20 Å². The summed E-state index contributed by atoms with van der Waals surface area (Å²) in [6.07, 6.45) is 5.75. The number of aryl methyl sites for hydroxylation is 1. The monoisotopic (exact) mass is 344 g/mol. The van der Waals surface area contributed by atoms with E-state index < -0.39 is 0 Å². The van der Waals surface area contributed by atoms with Gasteiger partial charge in [0.1, 0.15) is 0 Å². The fourth-order valence-corrected chi connectivity index (χ4v) is 3.37. The first kappa shape index (κ1) is 17.9. The summed E-state index contributed by atoms with van der Waals surface area (Å²) in [7, 11) is 0. The molecule has 1 aliphatic carbocycles. The van der Waals surface area contributed by atoms with Crippen LogP contribution in [0.3, 0.4) is 0 Å². The summed E-state index contributed by atoms with van der Waals surface area (Å²) in [5.41, 5.74) is 3.76. The second kappa shape index (κ2) is 7.52. The molecule has 0 radical (unpaired) electrons. The van der Waals surface area contributed by atoms with E-state index in [0.29, 0.717) is 13.2 Å². The molecule has 6 nitrogen and oxygen atoms in total. The minimum absolute atomic E-state index is 0.0154. The lowest BCUT2D eigenvalue weighted by Crippen LogP contribution is -2.27. The molecule has 2 heterocycles. The summed E-state index contributed by atoms with van der Waals surface area (Å²) < 4.78 is 7.43. The van der Waals surface area contributed by atoms with Crippen molar-refractivity contribution in [3.05, 3.63) is 23.0 Å².